The smallest absolute Gasteiger partial charge is 0.346 e. The molecule has 0 aliphatic rings. The summed E-state index contributed by atoms with van der Waals surface area (Å²) < 4.78 is 15.3. The molecule has 94 valence electrons. The predicted octanol–water partition coefficient (Wildman–Crippen LogP) is 2.35. The lowest BCUT2D eigenvalue weighted by molar-refractivity contribution is 0.0593. The van der Waals surface area contributed by atoms with E-state index in [1.807, 2.05) is 0 Å². The van der Waals surface area contributed by atoms with Gasteiger partial charge in [-0.05, 0) is 18.2 Å². The van der Waals surface area contributed by atoms with Crippen LogP contribution in [-0.4, -0.2) is 20.2 Å². The van der Waals surface area contributed by atoms with Crippen LogP contribution in [0.2, 0.25) is 0 Å². The third kappa shape index (κ3) is 1.99. The van der Waals surface area contributed by atoms with E-state index < -0.39 is 11.6 Å². The van der Waals surface area contributed by atoms with E-state index in [4.69, 9.17) is 9.15 Å². The molecular formula is C12H9BrO5. The Morgan fingerprint density at radius 3 is 2.61 bits per heavy atom. The summed E-state index contributed by atoms with van der Waals surface area (Å²) in [5.41, 5.74) is -0.474. The van der Waals surface area contributed by atoms with Crippen molar-refractivity contribution in [3.8, 4) is 5.95 Å². The average molecular weight is 313 g/mol. The molecule has 1 aromatic carbocycles. The van der Waals surface area contributed by atoms with E-state index in [1.54, 1.807) is 18.2 Å². The molecule has 5 nitrogen and oxygen atoms in total. The molecule has 0 aliphatic carbocycles. The summed E-state index contributed by atoms with van der Waals surface area (Å²) in [7, 11) is 2.56. The number of esters is 1. The van der Waals surface area contributed by atoms with Crippen LogP contribution in [0.25, 0.3) is 10.8 Å². The Bertz CT molecular complexity index is 674. The summed E-state index contributed by atoms with van der Waals surface area (Å²) >= 11 is 3.28. The molecule has 0 fully saturated rings. The second-order valence-electron chi connectivity index (χ2n) is 3.44. The fourth-order valence-electron chi connectivity index (χ4n) is 1.64. The molecule has 0 aliphatic heterocycles. The maximum Gasteiger partial charge on any atom is 0.346 e. The SMILES string of the molecule is COC(=O)c1c(OC)oc(=O)c2ccc(Br)cc12. The number of ether oxygens (including phenoxy) is 2. The Hall–Kier alpha value is -1.82. The lowest BCUT2D eigenvalue weighted by Gasteiger charge is -2.08. The highest BCUT2D eigenvalue weighted by atomic mass is 79.9. The van der Waals surface area contributed by atoms with Gasteiger partial charge in [-0.3, -0.25) is 0 Å². The first kappa shape index (κ1) is 12.6. The van der Waals surface area contributed by atoms with Gasteiger partial charge in [-0.25, -0.2) is 9.59 Å². The van der Waals surface area contributed by atoms with Crippen molar-refractivity contribution < 1.29 is 18.7 Å². The zero-order chi connectivity index (χ0) is 13.3. The van der Waals surface area contributed by atoms with Crippen LogP contribution < -0.4 is 10.4 Å². The van der Waals surface area contributed by atoms with Crippen LogP contribution in [0.4, 0.5) is 0 Å². The van der Waals surface area contributed by atoms with Crippen molar-refractivity contribution in [3.05, 3.63) is 38.7 Å². The minimum atomic E-state index is -0.626. The van der Waals surface area contributed by atoms with Crippen LogP contribution in [-0.2, 0) is 4.74 Å². The number of methoxy groups -OCH3 is 2. The summed E-state index contributed by atoms with van der Waals surface area (Å²) in [6, 6.07) is 4.89. The fourth-order valence-corrected chi connectivity index (χ4v) is 2.00. The Morgan fingerprint density at radius 2 is 2.00 bits per heavy atom. The van der Waals surface area contributed by atoms with Crippen LogP contribution in [0.5, 0.6) is 5.95 Å². The van der Waals surface area contributed by atoms with E-state index in [0.29, 0.717) is 10.8 Å². The highest BCUT2D eigenvalue weighted by Crippen LogP contribution is 2.28. The molecule has 1 aromatic heterocycles. The number of fused-ring (bicyclic) bond motifs is 1. The van der Waals surface area contributed by atoms with Gasteiger partial charge in [-0.1, -0.05) is 15.9 Å². The lowest BCUT2D eigenvalue weighted by Crippen LogP contribution is -2.10. The first-order valence-electron chi connectivity index (χ1n) is 4.97. The van der Waals surface area contributed by atoms with Crippen molar-refractivity contribution in [2.75, 3.05) is 14.2 Å². The standard InChI is InChI=1S/C12H9BrO5/c1-16-11(15)9-8-5-6(13)3-4-7(8)10(14)18-12(9)17-2/h3-5H,1-2H3. The molecule has 0 amide bonds. The highest BCUT2D eigenvalue weighted by Gasteiger charge is 2.21. The molecule has 0 bridgehead atoms. The zero-order valence-corrected chi connectivity index (χ0v) is 11.2. The van der Waals surface area contributed by atoms with Crippen molar-refractivity contribution in [3.63, 3.8) is 0 Å². The number of carbonyl (C=O) groups excluding carboxylic acids is 1. The minimum Gasteiger partial charge on any atom is -0.468 e. The van der Waals surface area contributed by atoms with Gasteiger partial charge in [-0.2, -0.15) is 0 Å². The van der Waals surface area contributed by atoms with E-state index in [2.05, 4.69) is 20.7 Å². The maximum absolute atomic E-state index is 11.8. The lowest BCUT2D eigenvalue weighted by atomic mass is 10.1. The average Bonchev–Trinajstić information content (AvgIpc) is 2.37. The van der Waals surface area contributed by atoms with Crippen LogP contribution in [0.1, 0.15) is 10.4 Å². The number of halogens is 1. The summed E-state index contributed by atoms with van der Waals surface area (Å²) in [6.45, 7) is 0. The Balaban J connectivity index is 2.94. The van der Waals surface area contributed by atoms with E-state index in [9.17, 15) is 9.59 Å². The summed E-state index contributed by atoms with van der Waals surface area (Å²) in [4.78, 5) is 23.5. The van der Waals surface area contributed by atoms with Crippen molar-refractivity contribution >= 4 is 32.7 Å². The first-order valence-corrected chi connectivity index (χ1v) is 5.76. The molecule has 0 saturated carbocycles. The first-order chi connectivity index (χ1) is 8.58. The molecule has 0 radical (unpaired) electrons. The van der Waals surface area contributed by atoms with Crippen molar-refractivity contribution in [2.24, 2.45) is 0 Å². The van der Waals surface area contributed by atoms with Gasteiger partial charge < -0.3 is 13.9 Å². The van der Waals surface area contributed by atoms with E-state index in [-0.39, 0.29) is 11.5 Å². The number of rotatable bonds is 2. The van der Waals surface area contributed by atoms with Gasteiger partial charge in [-0.15, -0.1) is 0 Å². The normalized spacial score (nSPS) is 10.4. The molecule has 18 heavy (non-hydrogen) atoms. The topological polar surface area (TPSA) is 65.7 Å². The van der Waals surface area contributed by atoms with Gasteiger partial charge in [0.2, 0.25) is 0 Å². The third-order valence-electron chi connectivity index (χ3n) is 2.44. The molecule has 1 heterocycles. The molecule has 6 heteroatoms. The second-order valence-corrected chi connectivity index (χ2v) is 4.35. The van der Waals surface area contributed by atoms with Crippen LogP contribution >= 0.6 is 15.9 Å². The number of carbonyl (C=O) groups is 1. The van der Waals surface area contributed by atoms with Gasteiger partial charge in [0.15, 0.2) is 0 Å². The number of benzene rings is 1. The third-order valence-corrected chi connectivity index (χ3v) is 2.93. The molecule has 0 spiro atoms. The number of hydrogen-bond acceptors (Lipinski definition) is 5. The van der Waals surface area contributed by atoms with Gasteiger partial charge in [0, 0.05) is 9.86 Å². The quantitative estimate of drug-likeness (QED) is 0.796. The fraction of sp³-hybridized carbons (Fsp3) is 0.167. The Morgan fingerprint density at radius 1 is 1.28 bits per heavy atom. The highest BCUT2D eigenvalue weighted by molar-refractivity contribution is 9.10. The van der Waals surface area contributed by atoms with Crippen molar-refractivity contribution in [1.29, 1.82) is 0 Å². The molecule has 2 aromatic rings. The van der Waals surface area contributed by atoms with Crippen molar-refractivity contribution in [1.82, 2.24) is 0 Å². The van der Waals surface area contributed by atoms with E-state index >= 15 is 0 Å². The molecule has 0 N–H and O–H groups in total. The van der Waals surface area contributed by atoms with E-state index in [0.717, 1.165) is 4.47 Å². The van der Waals surface area contributed by atoms with Gasteiger partial charge in [0.25, 0.3) is 0 Å². The molecule has 0 unspecified atom stereocenters. The largest absolute Gasteiger partial charge is 0.468 e. The molecule has 2 rings (SSSR count). The van der Waals surface area contributed by atoms with Gasteiger partial charge >= 0.3 is 17.5 Å². The van der Waals surface area contributed by atoms with E-state index in [1.165, 1.54) is 14.2 Å². The van der Waals surface area contributed by atoms with Crippen molar-refractivity contribution in [2.45, 2.75) is 0 Å². The van der Waals surface area contributed by atoms with Crippen LogP contribution in [0.3, 0.4) is 0 Å². The monoisotopic (exact) mass is 312 g/mol. The molecule has 0 saturated heterocycles. The van der Waals surface area contributed by atoms with Gasteiger partial charge in [0.1, 0.15) is 5.56 Å². The second kappa shape index (κ2) is 4.81. The maximum atomic E-state index is 11.8. The zero-order valence-electron chi connectivity index (χ0n) is 9.65. The number of hydrogen-bond donors (Lipinski definition) is 0. The predicted molar refractivity (Wildman–Crippen MR) is 68.1 cm³/mol. The van der Waals surface area contributed by atoms with Crippen LogP contribution in [0, 0.1) is 0 Å². The van der Waals surface area contributed by atoms with Gasteiger partial charge in [0.05, 0.1) is 19.6 Å². The Kier molecular flexibility index (Phi) is 3.38. The summed E-state index contributed by atoms with van der Waals surface area (Å²) in [5.74, 6) is -0.781. The van der Waals surface area contributed by atoms with Crippen LogP contribution in [0.15, 0.2) is 31.9 Å². The Labute approximate surface area is 110 Å². The summed E-state index contributed by atoms with van der Waals surface area (Å²) in [5, 5.41) is 0.712. The molecule has 0 atom stereocenters. The minimum absolute atomic E-state index is 0.0934. The summed E-state index contributed by atoms with van der Waals surface area (Å²) in [6.07, 6.45) is 0. The molecular weight excluding hydrogens is 304 g/mol.